The van der Waals surface area contributed by atoms with Gasteiger partial charge in [0.25, 0.3) is 17.7 Å². The van der Waals surface area contributed by atoms with Crippen LogP contribution in [-0.2, 0) is 9.53 Å². The van der Waals surface area contributed by atoms with Crippen molar-refractivity contribution in [3.8, 4) is 0 Å². The standard InChI is InChI=1S/C17H11N5O5S2/c1-8-20-21-17(29-8)22-13(24)10-3-2-9(6-11(10)14(22)25)15(26)27-7-12(23)19-16-18-4-5-28-16/h2-6H,7H2,1H3,(H,18,19,23). The van der Waals surface area contributed by atoms with E-state index in [0.717, 1.165) is 16.2 Å². The maximum absolute atomic E-state index is 12.7. The van der Waals surface area contributed by atoms with Crippen molar-refractivity contribution in [2.75, 3.05) is 16.8 Å². The third-order valence-electron chi connectivity index (χ3n) is 3.84. The Morgan fingerprint density at radius 2 is 1.97 bits per heavy atom. The van der Waals surface area contributed by atoms with Crippen molar-refractivity contribution < 1.29 is 23.9 Å². The van der Waals surface area contributed by atoms with Crippen LogP contribution in [0.2, 0.25) is 0 Å². The smallest absolute Gasteiger partial charge is 0.338 e. The highest BCUT2D eigenvalue weighted by Crippen LogP contribution is 2.30. The summed E-state index contributed by atoms with van der Waals surface area (Å²) in [6.45, 7) is 1.19. The Morgan fingerprint density at radius 3 is 2.66 bits per heavy atom. The molecule has 3 aromatic rings. The van der Waals surface area contributed by atoms with Crippen molar-refractivity contribution in [1.29, 1.82) is 0 Å². The molecule has 4 rings (SSSR count). The van der Waals surface area contributed by atoms with Crippen LogP contribution in [0.3, 0.4) is 0 Å². The molecule has 0 bridgehead atoms. The number of hydrogen-bond acceptors (Lipinski definition) is 10. The zero-order valence-electron chi connectivity index (χ0n) is 14.7. The van der Waals surface area contributed by atoms with E-state index in [1.54, 1.807) is 12.3 Å². The molecule has 0 saturated carbocycles. The highest BCUT2D eigenvalue weighted by atomic mass is 32.1. The lowest BCUT2D eigenvalue weighted by molar-refractivity contribution is -0.119. The van der Waals surface area contributed by atoms with Crippen LogP contribution < -0.4 is 10.2 Å². The molecule has 0 aliphatic carbocycles. The van der Waals surface area contributed by atoms with E-state index in [9.17, 15) is 19.2 Å². The first-order chi connectivity index (χ1) is 13.9. The number of fused-ring (bicyclic) bond motifs is 1. The van der Waals surface area contributed by atoms with Crippen molar-refractivity contribution in [2.24, 2.45) is 0 Å². The molecule has 10 nitrogen and oxygen atoms in total. The number of carbonyl (C=O) groups excluding carboxylic acids is 4. The van der Waals surface area contributed by atoms with E-state index in [0.29, 0.717) is 10.1 Å². The van der Waals surface area contributed by atoms with Crippen LogP contribution >= 0.6 is 22.7 Å². The molecule has 2 aromatic heterocycles. The predicted octanol–water partition coefficient (Wildman–Crippen LogP) is 1.90. The molecule has 29 heavy (non-hydrogen) atoms. The Bertz CT molecular complexity index is 1140. The van der Waals surface area contributed by atoms with Gasteiger partial charge in [0.2, 0.25) is 5.13 Å². The van der Waals surface area contributed by atoms with Gasteiger partial charge >= 0.3 is 5.97 Å². The van der Waals surface area contributed by atoms with E-state index in [1.807, 2.05) is 0 Å². The lowest BCUT2D eigenvalue weighted by Crippen LogP contribution is -2.29. The van der Waals surface area contributed by atoms with Gasteiger partial charge in [0.15, 0.2) is 11.7 Å². The van der Waals surface area contributed by atoms with Crippen molar-refractivity contribution in [1.82, 2.24) is 15.2 Å². The second kappa shape index (κ2) is 7.48. The van der Waals surface area contributed by atoms with E-state index >= 15 is 0 Å². The number of benzene rings is 1. The second-order valence-electron chi connectivity index (χ2n) is 5.77. The molecule has 0 spiro atoms. The molecule has 0 saturated heterocycles. The van der Waals surface area contributed by atoms with Gasteiger partial charge in [-0.1, -0.05) is 11.3 Å². The number of amides is 3. The van der Waals surface area contributed by atoms with Crippen LogP contribution in [0.5, 0.6) is 0 Å². The van der Waals surface area contributed by atoms with E-state index in [4.69, 9.17) is 4.74 Å². The van der Waals surface area contributed by atoms with Crippen molar-refractivity contribution >= 4 is 56.6 Å². The average Bonchev–Trinajstić information content (AvgIpc) is 3.41. The number of rotatable bonds is 5. The first kappa shape index (κ1) is 18.8. The Morgan fingerprint density at radius 1 is 1.17 bits per heavy atom. The van der Waals surface area contributed by atoms with Crippen molar-refractivity contribution in [3.63, 3.8) is 0 Å². The third-order valence-corrected chi connectivity index (χ3v) is 5.35. The van der Waals surface area contributed by atoms with Crippen LogP contribution in [0.25, 0.3) is 0 Å². The molecule has 146 valence electrons. The summed E-state index contributed by atoms with van der Waals surface area (Å²) >= 11 is 2.34. The fourth-order valence-electron chi connectivity index (χ4n) is 2.57. The number of esters is 1. The van der Waals surface area contributed by atoms with E-state index in [1.165, 1.54) is 35.7 Å². The number of carbonyl (C=O) groups is 4. The van der Waals surface area contributed by atoms with Gasteiger partial charge in [-0.05, 0) is 25.1 Å². The van der Waals surface area contributed by atoms with Crippen LogP contribution in [0, 0.1) is 6.92 Å². The molecule has 1 aromatic carbocycles. The fraction of sp³-hybridized carbons (Fsp3) is 0.118. The number of nitrogens with zero attached hydrogens (tertiary/aromatic N) is 4. The zero-order valence-corrected chi connectivity index (χ0v) is 16.4. The molecule has 1 aliphatic rings. The SMILES string of the molecule is Cc1nnc(N2C(=O)c3ccc(C(=O)OCC(=O)Nc4nccs4)cc3C2=O)s1. The van der Waals surface area contributed by atoms with Crippen LogP contribution in [0.4, 0.5) is 10.3 Å². The molecule has 3 heterocycles. The summed E-state index contributed by atoms with van der Waals surface area (Å²) in [6, 6.07) is 4.00. The van der Waals surface area contributed by atoms with Gasteiger partial charge in [0.1, 0.15) is 5.01 Å². The van der Waals surface area contributed by atoms with Crippen LogP contribution in [-0.4, -0.2) is 45.5 Å². The van der Waals surface area contributed by atoms with Gasteiger partial charge in [-0.3, -0.25) is 19.7 Å². The maximum atomic E-state index is 12.7. The van der Waals surface area contributed by atoms with E-state index < -0.39 is 30.3 Å². The molecule has 0 radical (unpaired) electrons. The van der Waals surface area contributed by atoms with Gasteiger partial charge in [-0.25, -0.2) is 14.7 Å². The van der Waals surface area contributed by atoms with Gasteiger partial charge in [0, 0.05) is 11.6 Å². The molecule has 0 fully saturated rings. The second-order valence-corrected chi connectivity index (χ2v) is 7.83. The minimum Gasteiger partial charge on any atom is -0.452 e. The van der Waals surface area contributed by atoms with Crippen LogP contribution in [0.1, 0.15) is 36.1 Å². The number of aromatic nitrogens is 3. The van der Waals surface area contributed by atoms with E-state index in [-0.39, 0.29) is 21.8 Å². The average molecular weight is 429 g/mol. The largest absolute Gasteiger partial charge is 0.452 e. The van der Waals surface area contributed by atoms with Gasteiger partial charge in [-0.15, -0.1) is 21.5 Å². The highest BCUT2D eigenvalue weighted by molar-refractivity contribution is 7.15. The Labute approximate surface area is 171 Å². The number of hydrogen-bond donors (Lipinski definition) is 1. The molecular formula is C17H11N5O5S2. The first-order valence-electron chi connectivity index (χ1n) is 8.13. The summed E-state index contributed by atoms with van der Waals surface area (Å²) in [5.41, 5.74) is 0.257. The van der Waals surface area contributed by atoms with Crippen LogP contribution in [0.15, 0.2) is 29.8 Å². The minimum absolute atomic E-state index is 0.0437. The molecule has 1 aliphatic heterocycles. The number of imide groups is 1. The maximum Gasteiger partial charge on any atom is 0.338 e. The lowest BCUT2D eigenvalue weighted by atomic mass is 10.1. The third kappa shape index (κ3) is 3.62. The minimum atomic E-state index is -0.799. The van der Waals surface area contributed by atoms with Gasteiger partial charge < -0.3 is 4.74 Å². The summed E-state index contributed by atoms with van der Waals surface area (Å²) in [4.78, 5) is 54.0. The fourth-order valence-corrected chi connectivity index (χ4v) is 3.80. The Balaban J connectivity index is 1.47. The van der Waals surface area contributed by atoms with E-state index in [2.05, 4.69) is 20.5 Å². The molecule has 0 unspecified atom stereocenters. The molecule has 12 heteroatoms. The number of nitrogens with one attached hydrogen (secondary N) is 1. The summed E-state index contributed by atoms with van der Waals surface area (Å²) in [6.07, 6.45) is 1.53. The number of anilines is 2. The Kier molecular flexibility index (Phi) is 4.86. The topological polar surface area (TPSA) is 131 Å². The first-order valence-corrected chi connectivity index (χ1v) is 9.83. The van der Waals surface area contributed by atoms with Crippen molar-refractivity contribution in [3.05, 3.63) is 51.5 Å². The summed E-state index contributed by atoms with van der Waals surface area (Å²) in [7, 11) is 0. The Hall–Kier alpha value is -3.51. The summed E-state index contributed by atoms with van der Waals surface area (Å²) < 4.78 is 4.97. The zero-order chi connectivity index (χ0) is 20.5. The number of ether oxygens (including phenoxy) is 1. The quantitative estimate of drug-likeness (QED) is 0.480. The highest BCUT2D eigenvalue weighted by Gasteiger charge is 2.39. The number of thiazole rings is 1. The van der Waals surface area contributed by atoms with Crippen molar-refractivity contribution in [2.45, 2.75) is 6.92 Å². The molecular weight excluding hydrogens is 418 g/mol. The molecule has 0 atom stereocenters. The summed E-state index contributed by atoms with van der Waals surface area (Å²) in [5, 5.41) is 13.0. The van der Waals surface area contributed by atoms with Gasteiger partial charge in [-0.2, -0.15) is 0 Å². The monoisotopic (exact) mass is 429 g/mol. The predicted molar refractivity (Wildman–Crippen MR) is 103 cm³/mol. The lowest BCUT2D eigenvalue weighted by Gasteiger charge is -2.07. The van der Waals surface area contributed by atoms with Gasteiger partial charge in [0.05, 0.1) is 16.7 Å². The normalized spacial score (nSPS) is 12.8. The summed E-state index contributed by atoms with van der Waals surface area (Å²) in [5.74, 6) is -2.48. The number of aryl methyl sites for hydroxylation is 1. The molecule has 1 N–H and O–H groups in total. The molecule has 3 amide bonds.